The van der Waals surface area contributed by atoms with E-state index in [1.165, 1.54) is 24.1 Å². The molecule has 1 saturated heterocycles. The van der Waals surface area contributed by atoms with Gasteiger partial charge < -0.3 is 19.1 Å². The zero-order valence-electron chi connectivity index (χ0n) is 22.0. The van der Waals surface area contributed by atoms with Crippen molar-refractivity contribution >= 4 is 32.8 Å². The second-order valence-electron chi connectivity index (χ2n) is 10.1. The number of sulfonamides is 1. The smallest absolute Gasteiger partial charge is 0.330 e. The summed E-state index contributed by atoms with van der Waals surface area (Å²) in [6.07, 6.45) is 1.30. The number of para-hydroxylation sites is 1. The summed E-state index contributed by atoms with van der Waals surface area (Å²) in [5.74, 6) is -0.534. The Morgan fingerprint density at radius 1 is 1.08 bits per heavy atom. The van der Waals surface area contributed by atoms with Gasteiger partial charge in [-0.25, -0.2) is 13.2 Å². The fourth-order valence-corrected chi connectivity index (χ4v) is 6.46. The molecule has 11 heteroatoms. The summed E-state index contributed by atoms with van der Waals surface area (Å²) in [5, 5.41) is 0.989. The molecule has 2 aliphatic rings. The molecule has 1 aliphatic carbocycles. The molecule has 1 N–H and O–H groups in total. The standard InChI is InChI=1S/C28H31N3O7S/c1-18-12-20(24-6-4-5-7-25(24)29-18)15-38-21-8-10-23(11-9-21)39(34,35)30-28(27(33)37-3)16-31(17-28)26(32)19-13-22(14-19)36-2/h4-12,19,22,30H,13-17H2,1-3H3/t19-,22-. The van der Waals surface area contributed by atoms with E-state index < -0.39 is 21.5 Å². The molecule has 1 saturated carbocycles. The highest BCUT2D eigenvalue weighted by atomic mass is 32.2. The van der Waals surface area contributed by atoms with E-state index in [1.54, 1.807) is 19.2 Å². The molecule has 0 radical (unpaired) electrons. The van der Waals surface area contributed by atoms with Crippen molar-refractivity contribution in [1.29, 1.82) is 0 Å². The lowest BCUT2D eigenvalue weighted by Crippen LogP contribution is -2.75. The van der Waals surface area contributed by atoms with E-state index in [0.717, 1.165) is 22.2 Å². The minimum atomic E-state index is -4.10. The number of carbonyl (C=O) groups is 2. The van der Waals surface area contributed by atoms with E-state index in [4.69, 9.17) is 14.2 Å². The molecule has 1 aromatic heterocycles. The Morgan fingerprint density at radius 2 is 1.77 bits per heavy atom. The van der Waals surface area contributed by atoms with E-state index in [9.17, 15) is 18.0 Å². The van der Waals surface area contributed by atoms with Gasteiger partial charge in [0.2, 0.25) is 15.9 Å². The lowest BCUT2D eigenvalue weighted by molar-refractivity contribution is -0.164. The minimum Gasteiger partial charge on any atom is -0.489 e. The Bertz CT molecular complexity index is 1500. The third kappa shape index (κ3) is 5.34. The molecule has 2 heterocycles. The lowest BCUT2D eigenvalue weighted by atomic mass is 9.79. The number of nitrogens with one attached hydrogen (secondary N) is 1. The van der Waals surface area contributed by atoms with Gasteiger partial charge in [0.25, 0.3) is 0 Å². The second kappa shape index (κ2) is 10.6. The number of fused-ring (bicyclic) bond motifs is 1. The zero-order chi connectivity index (χ0) is 27.8. The van der Waals surface area contributed by atoms with Crippen LogP contribution in [0.15, 0.2) is 59.5 Å². The highest BCUT2D eigenvalue weighted by molar-refractivity contribution is 7.89. The van der Waals surface area contributed by atoms with Gasteiger partial charge in [-0.15, -0.1) is 0 Å². The number of benzene rings is 2. The molecule has 2 aromatic carbocycles. The quantitative estimate of drug-likeness (QED) is 0.401. The summed E-state index contributed by atoms with van der Waals surface area (Å²) in [7, 11) is -1.30. The molecule has 0 atom stereocenters. The number of esters is 1. The number of ether oxygens (including phenoxy) is 3. The highest BCUT2D eigenvalue weighted by Crippen LogP contribution is 2.35. The maximum absolute atomic E-state index is 13.2. The number of likely N-dealkylation sites (tertiary alicyclic amines) is 1. The van der Waals surface area contributed by atoms with E-state index in [-0.39, 0.29) is 42.5 Å². The molecule has 3 aromatic rings. The van der Waals surface area contributed by atoms with Crippen LogP contribution in [0.2, 0.25) is 0 Å². The van der Waals surface area contributed by atoms with Crippen LogP contribution >= 0.6 is 0 Å². The van der Waals surface area contributed by atoms with Crippen LogP contribution in [-0.4, -0.2) is 69.1 Å². The molecule has 1 aliphatic heterocycles. The van der Waals surface area contributed by atoms with E-state index >= 15 is 0 Å². The first-order valence-corrected chi connectivity index (χ1v) is 14.1. The maximum atomic E-state index is 13.2. The second-order valence-corrected chi connectivity index (χ2v) is 11.8. The Hall–Kier alpha value is -3.54. The topological polar surface area (TPSA) is 124 Å². The number of carbonyl (C=O) groups excluding carboxylic acids is 2. The van der Waals surface area contributed by atoms with Crippen LogP contribution in [0, 0.1) is 12.8 Å². The van der Waals surface area contributed by atoms with Crippen LogP contribution in [0.4, 0.5) is 0 Å². The van der Waals surface area contributed by atoms with Crippen molar-refractivity contribution in [1.82, 2.24) is 14.6 Å². The average Bonchev–Trinajstić information content (AvgIpc) is 2.88. The maximum Gasteiger partial charge on any atom is 0.330 e. The van der Waals surface area contributed by atoms with Gasteiger partial charge in [0.05, 0.1) is 36.7 Å². The number of amides is 1. The van der Waals surface area contributed by atoms with Gasteiger partial charge in [0.15, 0.2) is 5.54 Å². The third-order valence-corrected chi connectivity index (χ3v) is 8.93. The normalized spacial score (nSPS) is 20.1. The molecule has 39 heavy (non-hydrogen) atoms. The van der Waals surface area contributed by atoms with Crippen molar-refractivity contribution in [2.45, 2.75) is 42.9 Å². The Balaban J connectivity index is 1.25. The summed E-state index contributed by atoms with van der Waals surface area (Å²) in [4.78, 5) is 31.3. The van der Waals surface area contributed by atoms with Crippen molar-refractivity contribution in [2.75, 3.05) is 27.3 Å². The van der Waals surface area contributed by atoms with Crippen molar-refractivity contribution in [3.63, 3.8) is 0 Å². The van der Waals surface area contributed by atoms with Gasteiger partial charge in [-0.1, -0.05) is 18.2 Å². The van der Waals surface area contributed by atoms with Crippen molar-refractivity contribution in [3.05, 3.63) is 65.9 Å². The molecule has 206 valence electrons. The molecule has 0 bridgehead atoms. The van der Waals surface area contributed by atoms with E-state index in [2.05, 4.69) is 9.71 Å². The Labute approximate surface area is 227 Å². The van der Waals surface area contributed by atoms with Crippen LogP contribution in [0.3, 0.4) is 0 Å². The summed E-state index contributed by atoms with van der Waals surface area (Å²) >= 11 is 0. The van der Waals surface area contributed by atoms with Gasteiger partial charge in [-0.3, -0.25) is 9.78 Å². The summed E-state index contributed by atoms with van der Waals surface area (Å²) in [6, 6.07) is 15.7. The van der Waals surface area contributed by atoms with E-state index in [0.29, 0.717) is 18.6 Å². The summed E-state index contributed by atoms with van der Waals surface area (Å²) < 4.78 is 45.0. The number of nitrogens with zero attached hydrogens (tertiary/aromatic N) is 2. The van der Waals surface area contributed by atoms with Gasteiger partial charge in [-0.2, -0.15) is 4.72 Å². The average molecular weight is 554 g/mol. The van der Waals surface area contributed by atoms with Gasteiger partial charge >= 0.3 is 5.97 Å². The Kier molecular flexibility index (Phi) is 7.32. The molecular weight excluding hydrogens is 522 g/mol. The van der Waals surface area contributed by atoms with Gasteiger partial charge in [0, 0.05) is 29.7 Å². The number of methoxy groups -OCH3 is 2. The number of rotatable bonds is 9. The third-order valence-electron chi connectivity index (χ3n) is 7.37. The molecule has 0 spiro atoms. The molecule has 10 nitrogen and oxygen atoms in total. The number of aryl methyl sites for hydroxylation is 1. The molecule has 5 rings (SSSR count). The first-order chi connectivity index (χ1) is 18.6. The largest absolute Gasteiger partial charge is 0.489 e. The Morgan fingerprint density at radius 3 is 2.44 bits per heavy atom. The predicted molar refractivity (Wildman–Crippen MR) is 142 cm³/mol. The van der Waals surface area contributed by atoms with Crippen LogP contribution < -0.4 is 9.46 Å². The lowest BCUT2D eigenvalue weighted by Gasteiger charge is -2.49. The van der Waals surface area contributed by atoms with Gasteiger partial charge in [-0.05, 0) is 56.2 Å². The molecule has 2 fully saturated rings. The van der Waals surface area contributed by atoms with Crippen molar-refractivity contribution < 1.29 is 32.2 Å². The molecule has 0 unspecified atom stereocenters. The SMILES string of the molecule is COC(=O)C1(NS(=O)(=O)c2ccc(OCc3cc(C)nc4ccccc34)cc2)CN(C(=O)[C@H]2C[C@H](OC)C2)C1. The molecule has 1 amide bonds. The molecular formula is C28H31N3O7S. The first-order valence-electron chi connectivity index (χ1n) is 12.7. The highest BCUT2D eigenvalue weighted by Gasteiger charge is 2.56. The van der Waals surface area contributed by atoms with Crippen LogP contribution in [0.5, 0.6) is 5.75 Å². The number of hydrogen-bond acceptors (Lipinski definition) is 8. The number of aromatic nitrogens is 1. The van der Waals surface area contributed by atoms with Crippen LogP contribution in [0.25, 0.3) is 10.9 Å². The zero-order valence-corrected chi connectivity index (χ0v) is 22.9. The van der Waals surface area contributed by atoms with E-state index in [1.807, 2.05) is 37.3 Å². The van der Waals surface area contributed by atoms with Crippen LogP contribution in [-0.2, 0) is 35.7 Å². The number of hydrogen-bond donors (Lipinski definition) is 1. The predicted octanol–water partition coefficient (Wildman–Crippen LogP) is 2.58. The van der Waals surface area contributed by atoms with Crippen molar-refractivity contribution in [3.8, 4) is 5.75 Å². The summed E-state index contributed by atoms with van der Waals surface area (Å²) in [6.45, 7) is 2.03. The van der Waals surface area contributed by atoms with Gasteiger partial charge in [0.1, 0.15) is 12.4 Å². The minimum absolute atomic E-state index is 0.0324. The summed E-state index contributed by atoms with van der Waals surface area (Å²) in [5.41, 5.74) is 1.19. The fourth-order valence-electron chi connectivity index (χ4n) is 5.12. The van der Waals surface area contributed by atoms with Crippen LogP contribution in [0.1, 0.15) is 24.1 Å². The monoisotopic (exact) mass is 553 g/mol. The fraction of sp³-hybridized carbons (Fsp3) is 0.393. The number of pyridine rings is 1. The first kappa shape index (κ1) is 27.0. The van der Waals surface area contributed by atoms with Crippen molar-refractivity contribution in [2.24, 2.45) is 5.92 Å².